The lowest BCUT2D eigenvalue weighted by Crippen LogP contribution is -2.37. The first kappa shape index (κ1) is 13.8. The fraction of sp³-hybridized carbons (Fsp3) is 0.706. The number of amides is 1. The molecule has 3 saturated carbocycles. The van der Waals surface area contributed by atoms with Gasteiger partial charge in [0.05, 0.1) is 4.88 Å². The standard InChI is InChI=1S/C17H24N2OS/c20-17(19-13-4-1-2-5-13)16-8-11(10-21-16)14-9-15(14)18-12-6-3-7-12/h8,10,12-15,18H,1-7,9H2,(H,19,20)/t14-,15-/m1/s1. The van der Waals surface area contributed by atoms with Crippen molar-refractivity contribution < 1.29 is 4.79 Å². The average molecular weight is 304 g/mol. The van der Waals surface area contributed by atoms with Crippen LogP contribution in [0.2, 0.25) is 0 Å². The minimum Gasteiger partial charge on any atom is -0.349 e. The summed E-state index contributed by atoms with van der Waals surface area (Å²) in [6.07, 6.45) is 10.2. The summed E-state index contributed by atoms with van der Waals surface area (Å²) in [5, 5.41) is 9.12. The lowest BCUT2D eigenvalue weighted by Gasteiger charge is -2.26. The van der Waals surface area contributed by atoms with Gasteiger partial charge in [-0.1, -0.05) is 19.3 Å². The van der Waals surface area contributed by atoms with Crippen molar-refractivity contribution in [2.45, 2.75) is 75.4 Å². The molecule has 2 atom stereocenters. The highest BCUT2D eigenvalue weighted by Crippen LogP contribution is 2.43. The zero-order valence-corrected chi connectivity index (χ0v) is 13.3. The molecule has 0 aromatic carbocycles. The Hall–Kier alpha value is -0.870. The lowest BCUT2D eigenvalue weighted by molar-refractivity contribution is 0.0942. The van der Waals surface area contributed by atoms with Crippen LogP contribution < -0.4 is 10.6 Å². The van der Waals surface area contributed by atoms with Crippen LogP contribution in [0.15, 0.2) is 11.4 Å². The Kier molecular flexibility index (Phi) is 3.76. The molecule has 3 aliphatic rings. The first-order chi connectivity index (χ1) is 10.3. The number of rotatable bonds is 5. The molecule has 21 heavy (non-hydrogen) atoms. The number of thiophene rings is 1. The smallest absolute Gasteiger partial charge is 0.261 e. The first-order valence-corrected chi connectivity index (χ1v) is 9.33. The predicted octanol–water partition coefficient (Wildman–Crippen LogP) is 3.42. The Morgan fingerprint density at radius 3 is 2.57 bits per heavy atom. The fourth-order valence-corrected chi connectivity index (χ4v) is 4.49. The van der Waals surface area contributed by atoms with Gasteiger partial charge in [0.25, 0.3) is 5.91 Å². The molecule has 0 spiro atoms. The van der Waals surface area contributed by atoms with E-state index in [0.29, 0.717) is 18.0 Å². The normalized spacial score (nSPS) is 29.3. The van der Waals surface area contributed by atoms with E-state index >= 15 is 0 Å². The number of hydrogen-bond acceptors (Lipinski definition) is 3. The van der Waals surface area contributed by atoms with Gasteiger partial charge >= 0.3 is 0 Å². The van der Waals surface area contributed by atoms with Crippen molar-refractivity contribution in [1.82, 2.24) is 10.6 Å². The second-order valence-electron chi connectivity index (χ2n) is 6.94. The molecule has 3 aliphatic carbocycles. The summed E-state index contributed by atoms with van der Waals surface area (Å²) in [6.45, 7) is 0. The van der Waals surface area contributed by atoms with E-state index < -0.39 is 0 Å². The van der Waals surface area contributed by atoms with Gasteiger partial charge in [0.2, 0.25) is 0 Å². The number of carbonyl (C=O) groups is 1. The molecule has 0 bridgehead atoms. The van der Waals surface area contributed by atoms with E-state index in [9.17, 15) is 4.79 Å². The van der Waals surface area contributed by atoms with Gasteiger partial charge in [-0.15, -0.1) is 11.3 Å². The topological polar surface area (TPSA) is 41.1 Å². The number of carbonyl (C=O) groups excluding carboxylic acids is 1. The maximum absolute atomic E-state index is 12.3. The van der Waals surface area contributed by atoms with Gasteiger partial charge in [0.1, 0.15) is 0 Å². The molecule has 4 heteroatoms. The van der Waals surface area contributed by atoms with Crippen molar-refractivity contribution in [3.8, 4) is 0 Å². The number of nitrogens with one attached hydrogen (secondary N) is 2. The van der Waals surface area contributed by atoms with Crippen LogP contribution in [0.5, 0.6) is 0 Å². The predicted molar refractivity (Wildman–Crippen MR) is 86.0 cm³/mol. The molecular formula is C17H24N2OS. The molecule has 1 aromatic rings. The SMILES string of the molecule is O=C(NC1CCCC1)c1cc([C@H]2C[C@H]2NC2CCC2)cs1. The van der Waals surface area contributed by atoms with Crippen molar-refractivity contribution in [2.24, 2.45) is 0 Å². The van der Waals surface area contributed by atoms with Gasteiger partial charge in [-0.2, -0.15) is 0 Å². The van der Waals surface area contributed by atoms with Crippen LogP contribution >= 0.6 is 11.3 Å². The monoisotopic (exact) mass is 304 g/mol. The number of hydrogen-bond donors (Lipinski definition) is 2. The van der Waals surface area contributed by atoms with Crippen molar-refractivity contribution in [3.63, 3.8) is 0 Å². The van der Waals surface area contributed by atoms with E-state index in [2.05, 4.69) is 22.1 Å². The molecule has 3 fully saturated rings. The maximum atomic E-state index is 12.3. The van der Waals surface area contributed by atoms with Crippen LogP contribution in [-0.2, 0) is 0 Å². The van der Waals surface area contributed by atoms with Gasteiger partial charge < -0.3 is 10.6 Å². The summed E-state index contributed by atoms with van der Waals surface area (Å²) in [4.78, 5) is 13.2. The zero-order chi connectivity index (χ0) is 14.2. The Bertz CT molecular complexity index is 517. The lowest BCUT2D eigenvalue weighted by atomic mass is 9.93. The Morgan fingerprint density at radius 2 is 1.86 bits per heavy atom. The molecule has 1 aromatic heterocycles. The van der Waals surface area contributed by atoms with Crippen molar-refractivity contribution >= 4 is 17.2 Å². The van der Waals surface area contributed by atoms with Crippen LogP contribution in [-0.4, -0.2) is 24.0 Å². The average Bonchev–Trinajstić information content (AvgIpc) is 2.86. The molecule has 3 nitrogen and oxygen atoms in total. The van der Waals surface area contributed by atoms with E-state index in [1.807, 2.05) is 0 Å². The summed E-state index contributed by atoms with van der Waals surface area (Å²) < 4.78 is 0. The van der Waals surface area contributed by atoms with Crippen LogP contribution in [0.1, 0.15) is 72.5 Å². The molecule has 1 heterocycles. The maximum Gasteiger partial charge on any atom is 0.261 e. The van der Waals surface area contributed by atoms with E-state index in [4.69, 9.17) is 0 Å². The van der Waals surface area contributed by atoms with Crippen LogP contribution in [0.4, 0.5) is 0 Å². The highest BCUT2D eigenvalue weighted by molar-refractivity contribution is 7.12. The van der Waals surface area contributed by atoms with E-state index in [0.717, 1.165) is 23.8 Å². The van der Waals surface area contributed by atoms with Gasteiger partial charge in [-0.05, 0) is 49.1 Å². The largest absolute Gasteiger partial charge is 0.349 e. The Balaban J connectivity index is 1.31. The van der Waals surface area contributed by atoms with Crippen molar-refractivity contribution in [3.05, 3.63) is 21.9 Å². The second kappa shape index (κ2) is 5.73. The van der Waals surface area contributed by atoms with Crippen LogP contribution in [0, 0.1) is 0 Å². The summed E-state index contributed by atoms with van der Waals surface area (Å²) in [6, 6.07) is 3.97. The first-order valence-electron chi connectivity index (χ1n) is 8.45. The van der Waals surface area contributed by atoms with Crippen LogP contribution in [0.3, 0.4) is 0 Å². The van der Waals surface area contributed by atoms with Gasteiger partial charge in [0.15, 0.2) is 0 Å². The molecule has 2 N–H and O–H groups in total. The van der Waals surface area contributed by atoms with E-state index in [1.165, 1.54) is 44.1 Å². The van der Waals surface area contributed by atoms with Crippen LogP contribution in [0.25, 0.3) is 0 Å². The van der Waals surface area contributed by atoms with E-state index in [1.54, 1.807) is 11.3 Å². The molecule has 4 rings (SSSR count). The van der Waals surface area contributed by atoms with E-state index in [-0.39, 0.29) is 5.91 Å². The van der Waals surface area contributed by atoms with Crippen molar-refractivity contribution in [2.75, 3.05) is 0 Å². The fourth-order valence-electron chi connectivity index (χ4n) is 3.62. The van der Waals surface area contributed by atoms with Gasteiger partial charge in [-0.25, -0.2) is 0 Å². The molecule has 1 amide bonds. The zero-order valence-electron chi connectivity index (χ0n) is 12.4. The van der Waals surface area contributed by atoms with Gasteiger partial charge in [0, 0.05) is 24.0 Å². The summed E-state index contributed by atoms with van der Waals surface area (Å²) in [7, 11) is 0. The Labute approximate surface area is 130 Å². The molecule has 0 aliphatic heterocycles. The molecule has 0 saturated heterocycles. The summed E-state index contributed by atoms with van der Waals surface area (Å²) >= 11 is 1.61. The minimum atomic E-state index is 0.141. The minimum absolute atomic E-state index is 0.141. The van der Waals surface area contributed by atoms with Crippen molar-refractivity contribution in [1.29, 1.82) is 0 Å². The second-order valence-corrected chi connectivity index (χ2v) is 7.85. The molecule has 0 unspecified atom stereocenters. The third-order valence-corrected chi connectivity index (χ3v) is 6.25. The molecule has 0 radical (unpaired) electrons. The third-order valence-electron chi connectivity index (χ3n) is 5.31. The molecule has 114 valence electrons. The van der Waals surface area contributed by atoms with Gasteiger partial charge in [-0.3, -0.25) is 4.79 Å². The molecular weight excluding hydrogens is 280 g/mol. The summed E-state index contributed by atoms with van der Waals surface area (Å²) in [5.74, 6) is 0.789. The quantitative estimate of drug-likeness (QED) is 0.875. The highest BCUT2D eigenvalue weighted by atomic mass is 32.1. The Morgan fingerprint density at radius 1 is 1.10 bits per heavy atom. The highest BCUT2D eigenvalue weighted by Gasteiger charge is 2.40. The summed E-state index contributed by atoms with van der Waals surface area (Å²) in [5.41, 5.74) is 1.37. The third kappa shape index (κ3) is 3.02.